The van der Waals surface area contributed by atoms with Crippen LogP contribution >= 0.6 is 11.6 Å². The van der Waals surface area contributed by atoms with Crippen molar-refractivity contribution < 1.29 is 12.8 Å². The van der Waals surface area contributed by atoms with Gasteiger partial charge in [0.05, 0.1) is 17.6 Å². The van der Waals surface area contributed by atoms with Crippen LogP contribution in [0.25, 0.3) is 0 Å². The number of primary sulfonamides is 1. The molecule has 3 aromatic rings. The van der Waals surface area contributed by atoms with Gasteiger partial charge in [-0.2, -0.15) is 4.98 Å². The number of nitrogens with two attached hydrogens (primary N) is 1. The first-order valence-electron chi connectivity index (χ1n) is 10.8. The Kier molecular flexibility index (Phi) is 7.04. The fourth-order valence-electron chi connectivity index (χ4n) is 4.13. The Bertz CT molecular complexity index is 1310. The molecule has 4 rings (SSSR count). The summed E-state index contributed by atoms with van der Waals surface area (Å²) in [5, 5.41) is 11.2. The van der Waals surface area contributed by atoms with Crippen molar-refractivity contribution in [2.45, 2.75) is 30.6 Å². The quantitative estimate of drug-likeness (QED) is 0.452. The molecule has 8 nitrogen and oxygen atoms in total. The maximum atomic E-state index is 15.0. The molecule has 2 heterocycles. The summed E-state index contributed by atoms with van der Waals surface area (Å²) >= 11 is 6.22. The van der Waals surface area contributed by atoms with Crippen molar-refractivity contribution in [1.82, 2.24) is 14.9 Å². The number of nitrogens with zero attached hydrogens (tertiary/aromatic N) is 3. The highest BCUT2D eigenvalue weighted by molar-refractivity contribution is 7.89. The summed E-state index contributed by atoms with van der Waals surface area (Å²) < 4.78 is 38.8. The molecule has 0 radical (unpaired) electrons. The first-order chi connectivity index (χ1) is 16.1. The van der Waals surface area contributed by atoms with E-state index in [1.54, 1.807) is 24.3 Å². The molecular weight excluding hydrogens is 479 g/mol. The van der Waals surface area contributed by atoms with Gasteiger partial charge in [0.25, 0.3) is 0 Å². The summed E-state index contributed by atoms with van der Waals surface area (Å²) in [5.41, 5.74) is 2.47. The number of aromatic nitrogens is 2. The minimum atomic E-state index is -3.97. The number of hydrogen-bond donors (Lipinski definition) is 3. The smallest absolute Gasteiger partial charge is 0.240 e. The van der Waals surface area contributed by atoms with Gasteiger partial charge in [-0.15, -0.1) is 0 Å². The summed E-state index contributed by atoms with van der Waals surface area (Å²) in [6.45, 7) is 3.96. The Balaban J connectivity index is 1.58. The lowest BCUT2D eigenvalue weighted by atomic mass is 9.86. The number of nitrogens with one attached hydrogen (secondary N) is 2. The zero-order chi connectivity index (χ0) is 24.5. The minimum Gasteiger partial charge on any atom is -0.338 e. The summed E-state index contributed by atoms with van der Waals surface area (Å²) in [4.78, 5) is 10.6. The molecule has 1 aliphatic rings. The Morgan fingerprint density at radius 1 is 1.15 bits per heavy atom. The largest absolute Gasteiger partial charge is 0.338 e. The predicted octanol–water partition coefficient (Wildman–Crippen LogP) is 4.52. The topological polar surface area (TPSA) is 113 Å². The van der Waals surface area contributed by atoms with E-state index in [9.17, 15) is 8.42 Å². The number of piperidine rings is 1. The van der Waals surface area contributed by atoms with Gasteiger partial charge in [-0.3, -0.25) is 0 Å². The molecule has 0 aliphatic carbocycles. The second-order valence-electron chi connectivity index (χ2n) is 8.45. The van der Waals surface area contributed by atoms with Crippen LogP contribution in [0.15, 0.2) is 47.5 Å². The van der Waals surface area contributed by atoms with Gasteiger partial charge in [0.1, 0.15) is 15.7 Å². The molecule has 1 fully saturated rings. The first kappa shape index (κ1) is 24.3. The predicted molar refractivity (Wildman–Crippen MR) is 132 cm³/mol. The highest BCUT2D eigenvalue weighted by atomic mass is 35.5. The summed E-state index contributed by atoms with van der Waals surface area (Å²) in [7, 11) is -1.87. The molecule has 0 spiro atoms. The number of aryl methyl sites for hydroxylation is 1. The van der Waals surface area contributed by atoms with Crippen LogP contribution in [0.5, 0.6) is 0 Å². The van der Waals surface area contributed by atoms with Crippen LogP contribution in [0.4, 0.5) is 27.5 Å². The van der Waals surface area contributed by atoms with Crippen LogP contribution in [0.3, 0.4) is 0 Å². The van der Waals surface area contributed by atoms with E-state index >= 15 is 4.39 Å². The van der Waals surface area contributed by atoms with Gasteiger partial charge in [-0.25, -0.2) is 22.9 Å². The molecule has 0 saturated carbocycles. The van der Waals surface area contributed by atoms with E-state index in [4.69, 9.17) is 16.7 Å². The normalized spacial score (nSPS) is 15.3. The minimum absolute atomic E-state index is 0.102. The molecule has 180 valence electrons. The van der Waals surface area contributed by atoms with Crippen LogP contribution in [0.2, 0.25) is 5.02 Å². The molecule has 4 N–H and O–H groups in total. The lowest BCUT2D eigenvalue weighted by Crippen LogP contribution is -2.29. The van der Waals surface area contributed by atoms with Crippen LogP contribution in [-0.4, -0.2) is 43.4 Å². The van der Waals surface area contributed by atoms with Crippen LogP contribution in [0.1, 0.15) is 29.9 Å². The first-order valence-corrected chi connectivity index (χ1v) is 12.7. The SMILES string of the molecule is Cc1cc(Nc2ncc(Cl)c(Nc3ccccc3S(N)(=O)=O)n2)c(F)cc1C1CCN(C)CC1. The molecule has 0 amide bonds. The number of sulfonamides is 1. The van der Waals surface area contributed by atoms with E-state index in [2.05, 4.69) is 32.5 Å². The number of likely N-dealkylation sites (tertiary alicyclic amines) is 1. The van der Waals surface area contributed by atoms with Crippen molar-refractivity contribution in [3.8, 4) is 0 Å². The molecular formula is C23H26ClFN6O2S. The highest BCUT2D eigenvalue weighted by Crippen LogP contribution is 2.34. The highest BCUT2D eigenvalue weighted by Gasteiger charge is 2.22. The third-order valence-electron chi connectivity index (χ3n) is 5.95. The molecule has 1 aliphatic heterocycles. The second-order valence-corrected chi connectivity index (χ2v) is 10.4. The maximum Gasteiger partial charge on any atom is 0.240 e. The average molecular weight is 505 g/mol. The molecule has 1 aromatic heterocycles. The van der Waals surface area contributed by atoms with Gasteiger partial charge in [-0.1, -0.05) is 23.7 Å². The van der Waals surface area contributed by atoms with E-state index in [1.807, 2.05) is 6.92 Å². The molecule has 0 bridgehead atoms. The van der Waals surface area contributed by atoms with E-state index < -0.39 is 15.8 Å². The van der Waals surface area contributed by atoms with Gasteiger partial charge in [0, 0.05) is 0 Å². The Hall–Kier alpha value is -2.79. The monoisotopic (exact) mass is 504 g/mol. The zero-order valence-corrected chi connectivity index (χ0v) is 20.4. The standard InChI is InChI=1S/C23H26ClFN6O2S/c1-14-11-20(18(25)12-16(14)15-7-9-31(2)10-8-15)29-23-27-13-17(24)22(30-23)28-19-5-3-4-6-21(19)34(26,32)33/h3-6,11-13,15H,7-10H2,1-2H3,(H2,26,32,33)(H2,27,28,29,30). The van der Waals surface area contributed by atoms with Crippen LogP contribution < -0.4 is 15.8 Å². The number of para-hydroxylation sites is 1. The van der Waals surface area contributed by atoms with Gasteiger partial charge in [0.2, 0.25) is 16.0 Å². The second kappa shape index (κ2) is 9.83. The van der Waals surface area contributed by atoms with Crippen molar-refractivity contribution >= 4 is 44.8 Å². The molecule has 0 atom stereocenters. The van der Waals surface area contributed by atoms with E-state index in [1.165, 1.54) is 18.3 Å². The van der Waals surface area contributed by atoms with Crippen molar-refractivity contribution in [1.29, 1.82) is 0 Å². The number of rotatable bonds is 6. The molecule has 34 heavy (non-hydrogen) atoms. The van der Waals surface area contributed by atoms with Crippen molar-refractivity contribution in [2.75, 3.05) is 30.8 Å². The molecule has 0 unspecified atom stereocenters. The number of anilines is 4. The van der Waals surface area contributed by atoms with Gasteiger partial charge in [0.15, 0.2) is 5.82 Å². The summed E-state index contributed by atoms with van der Waals surface area (Å²) in [6.07, 6.45) is 3.34. The average Bonchev–Trinajstić information content (AvgIpc) is 2.78. The number of benzene rings is 2. The van der Waals surface area contributed by atoms with Gasteiger partial charge >= 0.3 is 0 Å². The fraction of sp³-hybridized carbons (Fsp3) is 0.304. The lowest BCUT2D eigenvalue weighted by Gasteiger charge is -2.30. The lowest BCUT2D eigenvalue weighted by molar-refractivity contribution is 0.255. The van der Waals surface area contributed by atoms with Crippen LogP contribution in [-0.2, 0) is 10.0 Å². The third-order valence-corrected chi connectivity index (χ3v) is 7.20. The Morgan fingerprint density at radius 3 is 2.56 bits per heavy atom. The van der Waals surface area contributed by atoms with Gasteiger partial charge in [-0.05, 0) is 81.2 Å². The molecule has 11 heteroatoms. The van der Waals surface area contributed by atoms with Gasteiger partial charge < -0.3 is 15.5 Å². The van der Waals surface area contributed by atoms with Crippen LogP contribution in [0, 0.1) is 12.7 Å². The van der Waals surface area contributed by atoms with E-state index in [0.717, 1.165) is 37.1 Å². The molecule has 1 saturated heterocycles. The Labute approximate surface area is 203 Å². The van der Waals surface area contributed by atoms with E-state index in [0.29, 0.717) is 5.92 Å². The number of hydrogen-bond acceptors (Lipinski definition) is 7. The van der Waals surface area contributed by atoms with Crippen molar-refractivity contribution in [2.24, 2.45) is 5.14 Å². The van der Waals surface area contributed by atoms with E-state index in [-0.39, 0.29) is 33.1 Å². The fourth-order valence-corrected chi connectivity index (χ4v) is 4.97. The number of halogens is 2. The maximum absolute atomic E-state index is 15.0. The molecule has 2 aromatic carbocycles. The third kappa shape index (κ3) is 5.47. The Morgan fingerprint density at radius 2 is 1.85 bits per heavy atom. The summed E-state index contributed by atoms with van der Waals surface area (Å²) in [5.74, 6) is 0.189. The van der Waals surface area contributed by atoms with Crippen molar-refractivity contribution in [3.63, 3.8) is 0 Å². The van der Waals surface area contributed by atoms with Crippen molar-refractivity contribution in [3.05, 3.63) is 64.6 Å². The summed E-state index contributed by atoms with van der Waals surface area (Å²) in [6, 6.07) is 9.45. The zero-order valence-electron chi connectivity index (χ0n) is 18.8.